The number of terminal acetylenes is 1. The molecule has 0 radical (unpaired) electrons. The van der Waals surface area contributed by atoms with Crippen molar-refractivity contribution < 1.29 is 40.1 Å². The predicted molar refractivity (Wildman–Crippen MR) is 224 cm³/mol. The maximum Gasteiger partial charge on any atom is 0.363 e. The Hall–Kier alpha value is -0.980. The molecule has 2 aliphatic rings. The van der Waals surface area contributed by atoms with E-state index >= 15 is 0 Å². The van der Waals surface area contributed by atoms with Crippen LogP contribution in [0.25, 0.3) is 0 Å². The fraction of sp³-hybridized carbons (Fsp3) is 0.200. The zero-order chi connectivity index (χ0) is 37.0. The monoisotopic (exact) mass is 1010 g/mol. The molecule has 2 fully saturated rings. The number of halogens is 2. The van der Waals surface area contributed by atoms with E-state index in [2.05, 4.69) is 60.7 Å². The van der Waals surface area contributed by atoms with E-state index in [9.17, 15) is 28.8 Å². The molecule has 0 spiro atoms. The average molecular weight is 1010 g/mol. The number of amides is 2. The highest BCUT2D eigenvalue weighted by Gasteiger charge is 2.33. The standard InChI is InChI=1S/C11H8BrNO4.C7H5BrO2.C5H6O2.C2H2.S12/c12-8-3-1-7(2-4-8)11(16)17-13-9(14)5-6-10(13)15;8-6-3-1-5(2-4-6)7(9)10;6-4-1-2-5(7)3-4;1-2;1-3-5-7-9-11-12-10-8-6-4-2/h1-4H,5-6H2;1-4H,(H,9,10);1-3H2;1-2H;/i;;;1D;. The van der Waals surface area contributed by atoms with E-state index in [0.717, 1.165) is 8.95 Å². The van der Waals surface area contributed by atoms with Gasteiger partial charge in [0.05, 0.1) is 17.5 Å². The van der Waals surface area contributed by atoms with E-state index < -0.39 is 23.8 Å². The quantitative estimate of drug-likeness (QED) is 0.269. The molecule has 1 N–H and O–H groups in total. The van der Waals surface area contributed by atoms with E-state index in [1.165, 1.54) is 36.3 Å². The number of carbonyl (C=O) groups is 6. The maximum absolute atomic E-state index is 11.6. The number of aromatic carboxylic acids is 1. The van der Waals surface area contributed by atoms with Crippen molar-refractivity contribution in [3.05, 3.63) is 68.6 Å². The molecule has 1 aliphatic heterocycles. The van der Waals surface area contributed by atoms with Crippen molar-refractivity contribution in [2.75, 3.05) is 0 Å². The molecule has 0 aromatic heterocycles. The number of Topliss-reactive ketones (excluding diaryl/α,β-unsaturated/α-hetero) is 2. The highest BCUT2D eigenvalue weighted by molar-refractivity contribution is 9.10. The lowest BCUT2D eigenvalue weighted by Crippen LogP contribution is -2.32. The van der Waals surface area contributed by atoms with Crippen LogP contribution in [0.5, 0.6) is 0 Å². The molecular formula is C25H21Br2NO8S12. The van der Waals surface area contributed by atoms with Gasteiger partial charge in [0.25, 0.3) is 11.8 Å². The molecular weight excluding hydrogens is 987 g/mol. The van der Waals surface area contributed by atoms with Crippen LogP contribution >= 0.6 is 31.9 Å². The fourth-order valence-electron chi connectivity index (χ4n) is 2.74. The van der Waals surface area contributed by atoms with Crippen molar-refractivity contribution in [1.82, 2.24) is 5.06 Å². The molecule has 23 heteroatoms. The van der Waals surface area contributed by atoms with Crippen molar-refractivity contribution in [3.8, 4) is 12.8 Å². The summed E-state index contributed by atoms with van der Waals surface area (Å²) >= 11 is 15.8. The summed E-state index contributed by atoms with van der Waals surface area (Å²) in [5.41, 5.74) is 0.587. The summed E-state index contributed by atoms with van der Waals surface area (Å²) in [5, 5.41) is 8.99. The molecule has 2 amide bonds. The minimum Gasteiger partial charge on any atom is -0.478 e. The average Bonchev–Trinajstić information content (AvgIpc) is 3.61. The SMILES string of the molecule is O=C(O)c1ccc(Br)cc1.O=C(ON1C(=O)CCC1=O)c1ccc(Br)cc1.O=C1CCC(=O)C1.S=S=S=S=S=S=S=S=S=S=S=S.[2H]C#C. The maximum atomic E-state index is 11.6. The summed E-state index contributed by atoms with van der Waals surface area (Å²) in [6, 6.07) is 12.9. The number of ketones is 2. The molecule has 9 nitrogen and oxygen atoms in total. The van der Waals surface area contributed by atoms with Crippen LogP contribution in [-0.4, -0.2) is 45.5 Å². The second kappa shape index (κ2) is 29.7. The van der Waals surface area contributed by atoms with Gasteiger partial charge in [-0.05, 0) is 48.5 Å². The number of carboxylic acid groups (broad SMARTS) is 1. The molecule has 1 heterocycles. The number of nitrogens with zero attached hydrogens (tertiary/aromatic N) is 1. The normalized spacial score (nSPS) is 12.4. The van der Waals surface area contributed by atoms with Gasteiger partial charge >= 0.3 is 11.9 Å². The highest BCUT2D eigenvalue weighted by Crippen LogP contribution is 2.16. The molecule has 1 saturated heterocycles. The minimum absolute atomic E-state index is 0.0897. The first-order valence-electron chi connectivity index (χ1n) is 12.5. The van der Waals surface area contributed by atoms with Gasteiger partial charge in [0.15, 0.2) is 0 Å². The first kappa shape index (κ1) is 45.0. The Labute approximate surface area is 333 Å². The van der Waals surface area contributed by atoms with Crippen LogP contribution in [0.4, 0.5) is 0 Å². The summed E-state index contributed by atoms with van der Waals surface area (Å²) in [6.07, 6.45) is 7.11. The molecule has 48 heavy (non-hydrogen) atoms. The van der Waals surface area contributed by atoms with E-state index in [4.69, 9.17) is 11.3 Å². The van der Waals surface area contributed by atoms with Gasteiger partial charge < -0.3 is 9.94 Å². The Morgan fingerprint density at radius 2 is 1.06 bits per heavy atom. The summed E-state index contributed by atoms with van der Waals surface area (Å²) in [4.78, 5) is 69.6. The third-order valence-corrected chi connectivity index (χ3v) is 25.7. The van der Waals surface area contributed by atoms with Gasteiger partial charge in [-0.3, -0.25) is 19.2 Å². The minimum atomic E-state index is -0.896. The molecule has 0 bridgehead atoms. The van der Waals surface area contributed by atoms with Crippen LogP contribution in [0.15, 0.2) is 57.5 Å². The van der Waals surface area contributed by atoms with Gasteiger partial charge in [-0.1, -0.05) is 31.9 Å². The van der Waals surface area contributed by atoms with Crippen LogP contribution < -0.4 is 0 Å². The third kappa shape index (κ3) is 22.7. The lowest BCUT2D eigenvalue weighted by atomic mass is 10.2. The lowest BCUT2D eigenvalue weighted by Gasteiger charge is -2.12. The number of hydrogen-bond acceptors (Lipinski definition) is 9. The van der Waals surface area contributed by atoms with E-state index in [1.54, 1.807) is 107 Å². The highest BCUT2D eigenvalue weighted by atomic mass is 79.9. The van der Waals surface area contributed by atoms with Gasteiger partial charge in [0.1, 0.15) is 12.9 Å². The van der Waals surface area contributed by atoms with Gasteiger partial charge in [0.2, 0.25) is 0 Å². The van der Waals surface area contributed by atoms with Crippen molar-refractivity contribution in [1.29, 1.82) is 0 Å². The number of imide groups is 1. The zero-order valence-electron chi connectivity index (χ0n) is 24.6. The Balaban J connectivity index is 0.000000637. The smallest absolute Gasteiger partial charge is 0.363 e. The predicted octanol–water partition coefficient (Wildman–Crippen LogP) is 4.35. The van der Waals surface area contributed by atoms with Crippen LogP contribution in [0.1, 0.15) is 54.2 Å². The Morgan fingerprint density at radius 3 is 1.38 bits per heavy atom. The van der Waals surface area contributed by atoms with E-state index in [-0.39, 0.29) is 36.4 Å². The van der Waals surface area contributed by atoms with E-state index in [0.29, 0.717) is 23.5 Å². The molecule has 4 rings (SSSR count). The number of benzene rings is 2. The van der Waals surface area contributed by atoms with Crippen molar-refractivity contribution in [2.45, 2.75) is 32.1 Å². The van der Waals surface area contributed by atoms with Crippen molar-refractivity contribution in [3.63, 3.8) is 0 Å². The first-order valence-corrected chi connectivity index (χ1v) is 28.3. The molecule has 2 aromatic carbocycles. The Kier molecular flexibility index (Phi) is 27.9. The number of rotatable bonds is 3. The number of hydroxylamine groups is 2. The fourth-order valence-corrected chi connectivity index (χ4v) is 25.2. The molecule has 2 aromatic rings. The first-order chi connectivity index (χ1) is 23.4. The topological polar surface area (TPSA) is 135 Å². The van der Waals surface area contributed by atoms with Gasteiger partial charge in [-0.25, -0.2) is 9.59 Å². The second-order valence-electron chi connectivity index (χ2n) is 7.71. The summed E-state index contributed by atoms with van der Waals surface area (Å²) in [5.74, 6) is -2.38. The zero-order valence-corrected chi connectivity index (χ0v) is 36.6. The van der Waals surface area contributed by atoms with Crippen LogP contribution in [0.2, 0.25) is 0 Å². The van der Waals surface area contributed by atoms with Crippen LogP contribution in [0.3, 0.4) is 0 Å². The van der Waals surface area contributed by atoms with Gasteiger partial charge in [-0.15, -0.1) is 17.9 Å². The largest absolute Gasteiger partial charge is 0.478 e. The second-order valence-corrected chi connectivity index (χ2v) is 27.2. The van der Waals surface area contributed by atoms with Crippen molar-refractivity contribution in [2.24, 2.45) is 0 Å². The number of carbonyl (C=O) groups excluding carboxylic acids is 5. The van der Waals surface area contributed by atoms with Gasteiger partial charge in [-0.2, -0.15) is 0 Å². The number of carboxylic acids is 1. The third-order valence-electron chi connectivity index (χ3n) is 4.68. The Morgan fingerprint density at radius 1 is 0.708 bits per heavy atom. The molecule has 1 saturated carbocycles. The Bertz CT molecular complexity index is 1920. The lowest BCUT2D eigenvalue weighted by molar-refractivity contribution is -0.172. The van der Waals surface area contributed by atoms with Crippen LogP contribution in [0, 0.1) is 12.8 Å². The summed E-state index contributed by atoms with van der Waals surface area (Å²) < 4.78 is 7.44. The van der Waals surface area contributed by atoms with Crippen LogP contribution in [-0.2, 0) is 135 Å². The van der Waals surface area contributed by atoms with Crippen molar-refractivity contribution >= 4 is 178 Å². The summed E-state index contributed by atoms with van der Waals surface area (Å²) in [6.45, 7) is 0. The summed E-state index contributed by atoms with van der Waals surface area (Å²) in [7, 11) is 16.3. The van der Waals surface area contributed by atoms with E-state index in [1.807, 2.05) is 0 Å². The molecule has 1 aliphatic carbocycles. The van der Waals surface area contributed by atoms with Gasteiger partial charge in [0, 0.05) is 146 Å². The molecule has 0 unspecified atom stereocenters. The number of hydrogen-bond donors (Lipinski definition) is 1. The molecule has 0 atom stereocenters. The molecule has 260 valence electrons.